The summed E-state index contributed by atoms with van der Waals surface area (Å²) in [5.74, 6) is -0.653. The molecule has 0 aromatic heterocycles. The number of nitrogens with zero attached hydrogens (tertiary/aromatic N) is 2. The van der Waals surface area contributed by atoms with Gasteiger partial charge in [-0.1, -0.05) is 6.07 Å². The Bertz CT molecular complexity index is 662. The van der Waals surface area contributed by atoms with Gasteiger partial charge in [0.2, 0.25) is 0 Å². The van der Waals surface area contributed by atoms with Gasteiger partial charge in [0.15, 0.2) is 5.60 Å². The molecule has 0 aliphatic carbocycles. The highest BCUT2D eigenvalue weighted by atomic mass is 19.4. The number of rotatable bonds is 2. The first kappa shape index (κ1) is 18.0. The van der Waals surface area contributed by atoms with Crippen LogP contribution in [0.15, 0.2) is 18.2 Å². The molecule has 1 aliphatic rings. The highest BCUT2D eigenvalue weighted by molar-refractivity contribution is 5.74. The fourth-order valence-electron chi connectivity index (χ4n) is 2.41. The standard InChI is InChI=1S/C15H15F4N3O2/c16-12-7-10(8-20)1-2-11(12)9-21-13(23)22-5-3-14(24,4-6-22)15(17,18)19/h1-2,7,24H,3-6,9H2,(H,21,23). The Morgan fingerprint density at radius 2 is 2.00 bits per heavy atom. The maximum atomic E-state index is 13.7. The van der Waals surface area contributed by atoms with E-state index in [9.17, 15) is 27.5 Å². The third-order valence-electron chi connectivity index (χ3n) is 4.02. The molecule has 1 aromatic rings. The summed E-state index contributed by atoms with van der Waals surface area (Å²) in [5.41, 5.74) is -2.47. The second-order valence-corrected chi connectivity index (χ2v) is 5.59. The lowest BCUT2D eigenvalue weighted by atomic mass is 9.91. The molecule has 2 rings (SSSR count). The molecule has 24 heavy (non-hydrogen) atoms. The molecule has 0 spiro atoms. The van der Waals surface area contributed by atoms with E-state index in [1.807, 2.05) is 0 Å². The largest absolute Gasteiger partial charge is 0.417 e. The van der Waals surface area contributed by atoms with Gasteiger partial charge >= 0.3 is 12.2 Å². The Morgan fingerprint density at radius 3 is 2.50 bits per heavy atom. The summed E-state index contributed by atoms with van der Waals surface area (Å²) in [6.07, 6.45) is -5.94. The van der Waals surface area contributed by atoms with E-state index in [0.717, 1.165) is 11.0 Å². The molecule has 1 aromatic carbocycles. The van der Waals surface area contributed by atoms with Crippen LogP contribution in [0.4, 0.5) is 22.4 Å². The van der Waals surface area contributed by atoms with Crippen molar-refractivity contribution in [2.45, 2.75) is 31.2 Å². The second kappa shape index (κ2) is 6.65. The van der Waals surface area contributed by atoms with Gasteiger partial charge in [0.1, 0.15) is 5.82 Å². The molecule has 1 aliphatic heterocycles. The Balaban J connectivity index is 1.90. The average molecular weight is 345 g/mol. The second-order valence-electron chi connectivity index (χ2n) is 5.59. The molecule has 2 N–H and O–H groups in total. The molecule has 0 radical (unpaired) electrons. The molecule has 1 heterocycles. The van der Waals surface area contributed by atoms with Gasteiger partial charge in [0.25, 0.3) is 0 Å². The van der Waals surface area contributed by atoms with Crippen LogP contribution in [-0.2, 0) is 6.54 Å². The number of carbonyl (C=O) groups is 1. The summed E-state index contributed by atoms with van der Waals surface area (Å²) in [6, 6.07) is 4.93. The molecule has 5 nitrogen and oxygen atoms in total. The van der Waals surface area contributed by atoms with Gasteiger partial charge in [0, 0.05) is 38.0 Å². The van der Waals surface area contributed by atoms with Crippen molar-refractivity contribution in [3.63, 3.8) is 0 Å². The van der Waals surface area contributed by atoms with Gasteiger partial charge in [0.05, 0.1) is 11.6 Å². The number of alkyl halides is 3. The number of amides is 2. The Kier molecular flexibility index (Phi) is 4.99. The fourth-order valence-corrected chi connectivity index (χ4v) is 2.41. The predicted octanol–water partition coefficient (Wildman–Crippen LogP) is 2.30. The van der Waals surface area contributed by atoms with Crippen LogP contribution in [0.5, 0.6) is 0 Å². The van der Waals surface area contributed by atoms with Crippen LogP contribution in [0.2, 0.25) is 0 Å². The maximum absolute atomic E-state index is 13.7. The number of halogens is 4. The number of nitriles is 1. The topological polar surface area (TPSA) is 76.4 Å². The zero-order valence-electron chi connectivity index (χ0n) is 12.5. The minimum Gasteiger partial charge on any atom is -0.380 e. The van der Waals surface area contributed by atoms with Gasteiger partial charge in [-0.15, -0.1) is 0 Å². The molecule has 2 amide bonds. The van der Waals surface area contributed by atoms with Crippen molar-refractivity contribution in [1.82, 2.24) is 10.2 Å². The summed E-state index contributed by atoms with van der Waals surface area (Å²) in [5, 5.41) is 20.6. The Morgan fingerprint density at radius 1 is 1.38 bits per heavy atom. The number of piperidine rings is 1. The summed E-state index contributed by atoms with van der Waals surface area (Å²) in [6.45, 7) is -0.661. The molecule has 0 atom stereocenters. The average Bonchev–Trinajstić information content (AvgIpc) is 2.53. The third kappa shape index (κ3) is 3.76. The van der Waals surface area contributed by atoms with Gasteiger partial charge in [-0.05, 0) is 12.1 Å². The van der Waals surface area contributed by atoms with E-state index < -0.39 is 36.5 Å². The van der Waals surface area contributed by atoms with Crippen molar-refractivity contribution in [1.29, 1.82) is 5.26 Å². The first-order chi connectivity index (χ1) is 11.2. The normalized spacial score (nSPS) is 17.2. The molecule has 1 saturated heterocycles. The number of urea groups is 1. The van der Waals surface area contributed by atoms with E-state index in [2.05, 4.69) is 5.32 Å². The van der Waals surface area contributed by atoms with Crippen LogP contribution in [0.3, 0.4) is 0 Å². The lowest BCUT2D eigenvalue weighted by molar-refractivity contribution is -0.271. The molecule has 130 valence electrons. The van der Waals surface area contributed by atoms with Crippen LogP contribution in [0.1, 0.15) is 24.0 Å². The van der Waals surface area contributed by atoms with Crippen molar-refractivity contribution in [3.8, 4) is 6.07 Å². The minimum atomic E-state index is -4.73. The highest BCUT2D eigenvalue weighted by Crippen LogP contribution is 2.38. The van der Waals surface area contributed by atoms with Crippen LogP contribution >= 0.6 is 0 Å². The van der Waals surface area contributed by atoms with E-state index in [1.165, 1.54) is 12.1 Å². The summed E-state index contributed by atoms with van der Waals surface area (Å²) in [4.78, 5) is 13.1. The highest BCUT2D eigenvalue weighted by Gasteiger charge is 2.54. The first-order valence-corrected chi connectivity index (χ1v) is 7.17. The number of benzene rings is 1. The van der Waals surface area contributed by atoms with E-state index >= 15 is 0 Å². The summed E-state index contributed by atoms with van der Waals surface area (Å²) >= 11 is 0. The van der Waals surface area contributed by atoms with Gasteiger partial charge < -0.3 is 15.3 Å². The number of hydrogen-bond donors (Lipinski definition) is 2. The number of aliphatic hydroxyl groups is 1. The van der Waals surface area contributed by atoms with E-state index in [4.69, 9.17) is 5.26 Å². The van der Waals surface area contributed by atoms with E-state index in [-0.39, 0.29) is 30.8 Å². The molecule has 1 fully saturated rings. The molecule has 0 saturated carbocycles. The number of nitrogens with one attached hydrogen (secondary N) is 1. The summed E-state index contributed by atoms with van der Waals surface area (Å²) < 4.78 is 51.8. The molecule has 0 bridgehead atoms. The van der Waals surface area contributed by atoms with Crippen molar-refractivity contribution in [3.05, 3.63) is 35.1 Å². The van der Waals surface area contributed by atoms with E-state index in [1.54, 1.807) is 6.07 Å². The monoisotopic (exact) mass is 345 g/mol. The molecule has 0 unspecified atom stereocenters. The van der Waals surface area contributed by atoms with Crippen LogP contribution < -0.4 is 5.32 Å². The quantitative estimate of drug-likeness (QED) is 0.808. The SMILES string of the molecule is N#Cc1ccc(CNC(=O)N2CCC(O)(C(F)(F)F)CC2)c(F)c1. The van der Waals surface area contributed by atoms with Crippen molar-refractivity contribution in [2.75, 3.05) is 13.1 Å². The smallest absolute Gasteiger partial charge is 0.380 e. The first-order valence-electron chi connectivity index (χ1n) is 7.17. The van der Waals surface area contributed by atoms with Gasteiger partial charge in [-0.3, -0.25) is 0 Å². The zero-order valence-corrected chi connectivity index (χ0v) is 12.5. The van der Waals surface area contributed by atoms with Crippen molar-refractivity contribution >= 4 is 6.03 Å². The summed E-state index contributed by atoms with van der Waals surface area (Å²) in [7, 11) is 0. The lowest BCUT2D eigenvalue weighted by Crippen LogP contribution is -2.55. The molecular weight excluding hydrogens is 330 g/mol. The molecular formula is C15H15F4N3O2. The van der Waals surface area contributed by atoms with Crippen LogP contribution in [0, 0.1) is 17.1 Å². The Labute approximate surface area is 135 Å². The minimum absolute atomic E-state index is 0.144. The zero-order chi connectivity index (χ0) is 18.0. The van der Waals surface area contributed by atoms with Gasteiger partial charge in [-0.25, -0.2) is 9.18 Å². The van der Waals surface area contributed by atoms with Gasteiger partial charge in [-0.2, -0.15) is 18.4 Å². The van der Waals surface area contributed by atoms with Crippen molar-refractivity contribution in [2.24, 2.45) is 0 Å². The number of likely N-dealkylation sites (tertiary alicyclic amines) is 1. The lowest BCUT2D eigenvalue weighted by Gasteiger charge is -2.39. The van der Waals surface area contributed by atoms with Crippen LogP contribution in [-0.4, -0.2) is 40.9 Å². The fraction of sp³-hybridized carbons (Fsp3) is 0.467. The van der Waals surface area contributed by atoms with Crippen LogP contribution in [0.25, 0.3) is 0 Å². The van der Waals surface area contributed by atoms with Crippen molar-refractivity contribution < 1.29 is 27.5 Å². The number of hydrogen-bond acceptors (Lipinski definition) is 3. The third-order valence-corrected chi connectivity index (χ3v) is 4.02. The Hall–Kier alpha value is -2.34. The number of carbonyl (C=O) groups excluding carboxylic acids is 1. The predicted molar refractivity (Wildman–Crippen MR) is 75.2 cm³/mol. The van der Waals surface area contributed by atoms with E-state index in [0.29, 0.717) is 0 Å². The molecule has 9 heteroatoms. The maximum Gasteiger partial charge on any atom is 0.417 e.